The minimum atomic E-state index is -1.04. The van der Waals surface area contributed by atoms with Crippen molar-refractivity contribution >= 4 is 17.8 Å². The first-order valence-electron chi connectivity index (χ1n) is 7.79. The molecule has 1 atom stereocenters. The van der Waals surface area contributed by atoms with Crippen LogP contribution in [0.2, 0.25) is 0 Å². The third kappa shape index (κ3) is 4.31. The normalized spacial score (nSPS) is 15.8. The highest BCUT2D eigenvalue weighted by atomic mass is 16.4. The fraction of sp³-hybridized carbons (Fsp3) is 0.471. The molecule has 1 aliphatic rings. The molecular formula is C17H22N2O4. The number of carboxylic acids is 1. The minimum Gasteiger partial charge on any atom is -0.480 e. The van der Waals surface area contributed by atoms with Gasteiger partial charge in [0.1, 0.15) is 6.04 Å². The van der Waals surface area contributed by atoms with Gasteiger partial charge in [-0.2, -0.15) is 0 Å². The molecule has 1 unspecified atom stereocenters. The fourth-order valence-corrected chi connectivity index (χ4v) is 2.59. The molecule has 1 heterocycles. The Morgan fingerprint density at radius 1 is 1.26 bits per heavy atom. The summed E-state index contributed by atoms with van der Waals surface area (Å²) in [4.78, 5) is 36.7. The Balaban J connectivity index is 1.99. The zero-order chi connectivity index (χ0) is 17.0. The van der Waals surface area contributed by atoms with E-state index in [0.29, 0.717) is 18.5 Å². The number of amides is 2. The number of rotatable bonds is 6. The van der Waals surface area contributed by atoms with E-state index in [-0.39, 0.29) is 11.8 Å². The standard InChI is InChI=1S/C17H22N2O4/c1-11(2)15(17(22)23)18-16(21)13-7-5-12(6-8-13)10-19-9-3-4-14(19)20/h5-8,11,15H,3-4,9-10H2,1-2H3,(H,18,21)(H,22,23). The Bertz CT molecular complexity index is 595. The summed E-state index contributed by atoms with van der Waals surface area (Å²) in [5.74, 6) is -1.49. The van der Waals surface area contributed by atoms with Crippen molar-refractivity contribution in [3.63, 3.8) is 0 Å². The van der Waals surface area contributed by atoms with E-state index in [1.807, 2.05) is 0 Å². The van der Waals surface area contributed by atoms with Crippen molar-refractivity contribution in [3.8, 4) is 0 Å². The number of carboxylic acid groups (broad SMARTS) is 1. The molecule has 0 aliphatic carbocycles. The number of carbonyl (C=O) groups is 3. The lowest BCUT2D eigenvalue weighted by Gasteiger charge is -2.18. The van der Waals surface area contributed by atoms with Crippen molar-refractivity contribution < 1.29 is 19.5 Å². The SMILES string of the molecule is CC(C)C(NC(=O)c1ccc(CN2CCCC2=O)cc1)C(=O)O. The summed E-state index contributed by atoms with van der Waals surface area (Å²) in [7, 11) is 0. The lowest BCUT2D eigenvalue weighted by atomic mass is 10.0. The zero-order valence-electron chi connectivity index (χ0n) is 13.4. The molecule has 6 heteroatoms. The van der Waals surface area contributed by atoms with Gasteiger partial charge in [-0.15, -0.1) is 0 Å². The smallest absolute Gasteiger partial charge is 0.326 e. The maximum Gasteiger partial charge on any atom is 0.326 e. The molecule has 1 fully saturated rings. The summed E-state index contributed by atoms with van der Waals surface area (Å²) in [6, 6.07) is 6.00. The van der Waals surface area contributed by atoms with Gasteiger partial charge >= 0.3 is 5.97 Å². The van der Waals surface area contributed by atoms with Gasteiger partial charge in [0, 0.05) is 25.1 Å². The first-order valence-corrected chi connectivity index (χ1v) is 7.79. The quantitative estimate of drug-likeness (QED) is 0.835. The van der Waals surface area contributed by atoms with Crippen LogP contribution in [0.3, 0.4) is 0 Å². The van der Waals surface area contributed by atoms with Crippen LogP contribution < -0.4 is 5.32 Å². The summed E-state index contributed by atoms with van der Waals surface area (Å²) in [5.41, 5.74) is 1.36. The molecule has 2 N–H and O–H groups in total. The Morgan fingerprint density at radius 3 is 2.39 bits per heavy atom. The fourth-order valence-electron chi connectivity index (χ4n) is 2.59. The minimum absolute atomic E-state index is 0.160. The highest BCUT2D eigenvalue weighted by Gasteiger charge is 2.24. The van der Waals surface area contributed by atoms with E-state index in [4.69, 9.17) is 5.11 Å². The van der Waals surface area contributed by atoms with Crippen LogP contribution in [0, 0.1) is 5.92 Å². The van der Waals surface area contributed by atoms with Gasteiger partial charge in [-0.1, -0.05) is 26.0 Å². The summed E-state index contributed by atoms with van der Waals surface area (Å²) in [6.07, 6.45) is 1.50. The van der Waals surface area contributed by atoms with Gasteiger partial charge in [-0.05, 0) is 30.0 Å². The summed E-state index contributed by atoms with van der Waals surface area (Å²) in [6.45, 7) is 4.81. The number of hydrogen-bond donors (Lipinski definition) is 2. The molecule has 124 valence electrons. The van der Waals surface area contributed by atoms with Crippen LogP contribution in [-0.2, 0) is 16.1 Å². The Labute approximate surface area is 135 Å². The molecule has 0 aromatic heterocycles. The second-order valence-electron chi connectivity index (χ2n) is 6.15. The van der Waals surface area contributed by atoms with E-state index < -0.39 is 17.9 Å². The predicted octanol–water partition coefficient (Wildman–Crippen LogP) is 1.65. The first kappa shape index (κ1) is 17.0. The van der Waals surface area contributed by atoms with E-state index in [0.717, 1.165) is 18.5 Å². The number of nitrogens with zero attached hydrogens (tertiary/aromatic N) is 1. The molecule has 0 spiro atoms. The van der Waals surface area contributed by atoms with E-state index in [9.17, 15) is 14.4 Å². The van der Waals surface area contributed by atoms with Crippen molar-refractivity contribution in [2.45, 2.75) is 39.3 Å². The Hall–Kier alpha value is -2.37. The average molecular weight is 318 g/mol. The molecule has 0 bridgehead atoms. The molecule has 2 rings (SSSR count). The van der Waals surface area contributed by atoms with Crippen LogP contribution in [0.5, 0.6) is 0 Å². The van der Waals surface area contributed by atoms with Gasteiger partial charge in [0.15, 0.2) is 0 Å². The molecule has 1 saturated heterocycles. The maximum atomic E-state index is 12.1. The van der Waals surface area contributed by atoms with Gasteiger partial charge in [-0.3, -0.25) is 9.59 Å². The summed E-state index contributed by atoms with van der Waals surface area (Å²) >= 11 is 0. The van der Waals surface area contributed by atoms with E-state index in [1.165, 1.54) is 0 Å². The third-order valence-corrected chi connectivity index (χ3v) is 3.98. The van der Waals surface area contributed by atoms with Crippen molar-refractivity contribution in [2.24, 2.45) is 5.92 Å². The number of nitrogens with one attached hydrogen (secondary N) is 1. The topological polar surface area (TPSA) is 86.7 Å². The van der Waals surface area contributed by atoms with Crippen molar-refractivity contribution in [1.29, 1.82) is 0 Å². The van der Waals surface area contributed by atoms with Crippen LogP contribution in [0.4, 0.5) is 0 Å². The molecule has 2 amide bonds. The van der Waals surface area contributed by atoms with Crippen molar-refractivity contribution in [1.82, 2.24) is 10.2 Å². The first-order chi connectivity index (χ1) is 10.9. The van der Waals surface area contributed by atoms with Gasteiger partial charge in [0.05, 0.1) is 0 Å². The number of benzene rings is 1. The van der Waals surface area contributed by atoms with Crippen molar-refractivity contribution in [2.75, 3.05) is 6.54 Å². The molecule has 1 aromatic rings. The Kier molecular flexibility index (Phi) is 5.36. The molecule has 1 aliphatic heterocycles. The second kappa shape index (κ2) is 7.26. The molecule has 0 saturated carbocycles. The van der Waals surface area contributed by atoms with Crippen molar-refractivity contribution in [3.05, 3.63) is 35.4 Å². The molecule has 1 aromatic carbocycles. The van der Waals surface area contributed by atoms with Crippen LogP contribution in [0.1, 0.15) is 42.6 Å². The summed E-state index contributed by atoms with van der Waals surface area (Å²) in [5, 5.41) is 11.6. The zero-order valence-corrected chi connectivity index (χ0v) is 13.4. The average Bonchev–Trinajstić information content (AvgIpc) is 2.90. The van der Waals surface area contributed by atoms with E-state index >= 15 is 0 Å². The second-order valence-corrected chi connectivity index (χ2v) is 6.15. The number of aliphatic carboxylic acids is 1. The monoisotopic (exact) mass is 318 g/mol. The van der Waals surface area contributed by atoms with E-state index in [2.05, 4.69) is 5.32 Å². The largest absolute Gasteiger partial charge is 0.480 e. The van der Waals surface area contributed by atoms with Gasteiger partial charge in [0.25, 0.3) is 5.91 Å². The van der Waals surface area contributed by atoms with Gasteiger partial charge in [-0.25, -0.2) is 4.79 Å². The highest BCUT2D eigenvalue weighted by molar-refractivity contribution is 5.96. The Morgan fingerprint density at radius 2 is 1.91 bits per heavy atom. The molecular weight excluding hydrogens is 296 g/mol. The number of hydrogen-bond acceptors (Lipinski definition) is 3. The van der Waals surface area contributed by atoms with Crippen LogP contribution >= 0.6 is 0 Å². The lowest BCUT2D eigenvalue weighted by Crippen LogP contribution is -2.44. The maximum absolute atomic E-state index is 12.1. The van der Waals surface area contributed by atoms with Crippen LogP contribution in [-0.4, -0.2) is 40.4 Å². The van der Waals surface area contributed by atoms with Gasteiger partial charge in [0.2, 0.25) is 5.91 Å². The third-order valence-electron chi connectivity index (χ3n) is 3.98. The van der Waals surface area contributed by atoms with E-state index in [1.54, 1.807) is 43.0 Å². The number of likely N-dealkylation sites (tertiary alicyclic amines) is 1. The molecule has 6 nitrogen and oxygen atoms in total. The van der Waals surface area contributed by atoms with Gasteiger partial charge < -0.3 is 15.3 Å². The predicted molar refractivity (Wildman–Crippen MR) is 84.8 cm³/mol. The summed E-state index contributed by atoms with van der Waals surface area (Å²) < 4.78 is 0. The van der Waals surface area contributed by atoms with Crippen LogP contribution in [0.15, 0.2) is 24.3 Å². The van der Waals surface area contributed by atoms with Crippen LogP contribution in [0.25, 0.3) is 0 Å². The molecule has 23 heavy (non-hydrogen) atoms. The number of carbonyl (C=O) groups excluding carboxylic acids is 2. The molecule has 0 radical (unpaired) electrons. The lowest BCUT2D eigenvalue weighted by molar-refractivity contribution is -0.140. The highest BCUT2D eigenvalue weighted by Crippen LogP contribution is 2.15.